The first-order valence-electron chi connectivity index (χ1n) is 7.82. The van der Waals surface area contributed by atoms with Gasteiger partial charge in [-0.2, -0.15) is 0 Å². The predicted molar refractivity (Wildman–Crippen MR) is 92.4 cm³/mol. The van der Waals surface area contributed by atoms with Crippen LogP contribution in [0.1, 0.15) is 56.5 Å². The van der Waals surface area contributed by atoms with E-state index in [2.05, 4.69) is 37.7 Å². The number of hydrogen-bond acceptors (Lipinski definition) is 5. The van der Waals surface area contributed by atoms with E-state index in [0.717, 1.165) is 22.6 Å². The first kappa shape index (κ1) is 17.1. The molecule has 0 saturated carbocycles. The molecular formula is C18H25N3O2. The van der Waals surface area contributed by atoms with Crippen LogP contribution in [-0.4, -0.2) is 17.1 Å². The van der Waals surface area contributed by atoms with E-state index < -0.39 is 0 Å². The fourth-order valence-corrected chi connectivity index (χ4v) is 2.43. The number of hydrogen-bond donors (Lipinski definition) is 1. The monoisotopic (exact) mass is 315 g/mol. The Bertz CT molecular complexity index is 697. The fraction of sp³-hybridized carbons (Fsp3) is 0.444. The molecule has 0 radical (unpaired) electrons. The van der Waals surface area contributed by atoms with Crippen LogP contribution in [0, 0.1) is 6.92 Å². The van der Waals surface area contributed by atoms with Gasteiger partial charge in [0.15, 0.2) is 11.6 Å². The van der Waals surface area contributed by atoms with Crippen molar-refractivity contribution in [2.45, 2.75) is 46.5 Å². The van der Waals surface area contributed by atoms with Crippen molar-refractivity contribution in [3.63, 3.8) is 0 Å². The van der Waals surface area contributed by atoms with Gasteiger partial charge in [-0.05, 0) is 30.9 Å². The van der Waals surface area contributed by atoms with Gasteiger partial charge in [0.1, 0.15) is 17.3 Å². The van der Waals surface area contributed by atoms with Crippen LogP contribution in [-0.2, 0) is 0 Å². The first-order valence-corrected chi connectivity index (χ1v) is 7.82. The summed E-state index contributed by atoms with van der Waals surface area (Å²) in [6.07, 6.45) is 1.61. The summed E-state index contributed by atoms with van der Waals surface area (Å²) in [4.78, 5) is 8.31. The second kappa shape index (κ2) is 6.86. The molecule has 2 N–H and O–H groups in total. The molecule has 5 nitrogen and oxygen atoms in total. The van der Waals surface area contributed by atoms with E-state index in [1.807, 2.05) is 12.1 Å². The van der Waals surface area contributed by atoms with Crippen molar-refractivity contribution in [3.05, 3.63) is 35.3 Å². The normalized spacial score (nSPS) is 11.1. The summed E-state index contributed by atoms with van der Waals surface area (Å²) < 4.78 is 11.6. The number of nitrogen functional groups attached to an aromatic ring is 1. The molecule has 0 aliphatic heterocycles. The second-order valence-corrected chi connectivity index (χ2v) is 6.21. The van der Waals surface area contributed by atoms with E-state index in [1.54, 1.807) is 20.2 Å². The average molecular weight is 315 g/mol. The smallest absolute Gasteiger partial charge is 0.187 e. The maximum atomic E-state index is 6.04. The Kier molecular flexibility index (Phi) is 5.08. The molecule has 0 unspecified atom stereocenters. The number of ether oxygens (including phenoxy) is 2. The van der Waals surface area contributed by atoms with Crippen molar-refractivity contribution in [1.29, 1.82) is 0 Å². The molecular weight excluding hydrogens is 290 g/mol. The number of aromatic nitrogens is 2. The topological polar surface area (TPSA) is 70.3 Å². The van der Waals surface area contributed by atoms with Crippen molar-refractivity contribution in [1.82, 2.24) is 9.97 Å². The summed E-state index contributed by atoms with van der Waals surface area (Å²) in [5, 5.41) is 0. The lowest BCUT2D eigenvalue weighted by atomic mass is 9.95. The molecule has 0 amide bonds. The van der Waals surface area contributed by atoms with Crippen molar-refractivity contribution in [2.24, 2.45) is 0 Å². The number of nitrogens with two attached hydrogens (primary N) is 1. The largest absolute Gasteiger partial charge is 0.496 e. The van der Waals surface area contributed by atoms with E-state index in [9.17, 15) is 0 Å². The second-order valence-electron chi connectivity index (χ2n) is 6.21. The summed E-state index contributed by atoms with van der Waals surface area (Å²) in [5.74, 6) is 3.68. The Morgan fingerprint density at radius 3 is 2.04 bits per heavy atom. The van der Waals surface area contributed by atoms with Gasteiger partial charge < -0.3 is 15.2 Å². The molecule has 0 bridgehead atoms. The number of rotatable bonds is 5. The van der Waals surface area contributed by atoms with Crippen LogP contribution < -0.4 is 15.2 Å². The number of aryl methyl sites for hydroxylation is 1. The standard InChI is InChI=1S/C18H25N3O2/c1-10(2)13-8-16(14(11(3)4)7-15(13)22-6)23-17-9-20-12(5)21-18(17)19/h7-11H,1-6H3,(H2,19,20,21). The Balaban J connectivity index is 2.52. The maximum Gasteiger partial charge on any atom is 0.187 e. The molecule has 1 heterocycles. The molecule has 5 heteroatoms. The van der Waals surface area contributed by atoms with Gasteiger partial charge in [0.2, 0.25) is 0 Å². The van der Waals surface area contributed by atoms with E-state index >= 15 is 0 Å². The van der Waals surface area contributed by atoms with Gasteiger partial charge in [-0.15, -0.1) is 0 Å². The van der Waals surface area contributed by atoms with Crippen LogP contribution in [0.2, 0.25) is 0 Å². The molecule has 0 saturated heterocycles. The Morgan fingerprint density at radius 1 is 0.957 bits per heavy atom. The zero-order valence-electron chi connectivity index (χ0n) is 14.7. The van der Waals surface area contributed by atoms with E-state index in [1.165, 1.54) is 0 Å². The minimum atomic E-state index is 0.285. The minimum Gasteiger partial charge on any atom is -0.496 e. The van der Waals surface area contributed by atoms with Crippen LogP contribution in [0.4, 0.5) is 5.82 Å². The molecule has 2 aromatic rings. The van der Waals surface area contributed by atoms with E-state index in [4.69, 9.17) is 15.2 Å². The molecule has 0 atom stereocenters. The van der Waals surface area contributed by atoms with Crippen molar-refractivity contribution < 1.29 is 9.47 Å². The highest BCUT2D eigenvalue weighted by Crippen LogP contribution is 2.39. The molecule has 1 aromatic heterocycles. The van der Waals surface area contributed by atoms with E-state index in [0.29, 0.717) is 23.3 Å². The van der Waals surface area contributed by atoms with Crippen molar-refractivity contribution in [2.75, 3.05) is 12.8 Å². The molecule has 23 heavy (non-hydrogen) atoms. The third kappa shape index (κ3) is 3.73. The molecule has 0 aliphatic rings. The molecule has 0 fully saturated rings. The van der Waals surface area contributed by atoms with Crippen LogP contribution in [0.5, 0.6) is 17.2 Å². The molecule has 0 spiro atoms. The lowest BCUT2D eigenvalue weighted by Crippen LogP contribution is -2.03. The lowest BCUT2D eigenvalue weighted by Gasteiger charge is -2.20. The maximum absolute atomic E-state index is 6.04. The third-order valence-corrected chi connectivity index (χ3v) is 3.73. The number of methoxy groups -OCH3 is 1. The molecule has 2 rings (SSSR count). The summed E-state index contributed by atoms with van der Waals surface area (Å²) >= 11 is 0. The van der Waals surface area contributed by atoms with Gasteiger partial charge in [-0.25, -0.2) is 9.97 Å². The molecule has 1 aromatic carbocycles. The van der Waals surface area contributed by atoms with Crippen LogP contribution in [0.3, 0.4) is 0 Å². The summed E-state index contributed by atoms with van der Waals surface area (Å²) in [7, 11) is 1.69. The highest BCUT2D eigenvalue weighted by atomic mass is 16.5. The van der Waals surface area contributed by atoms with Gasteiger partial charge >= 0.3 is 0 Å². The van der Waals surface area contributed by atoms with Crippen LogP contribution >= 0.6 is 0 Å². The lowest BCUT2D eigenvalue weighted by molar-refractivity contribution is 0.403. The van der Waals surface area contributed by atoms with Crippen molar-refractivity contribution >= 4 is 5.82 Å². The highest BCUT2D eigenvalue weighted by Gasteiger charge is 2.17. The Labute approximate surface area is 137 Å². The molecule has 124 valence electrons. The van der Waals surface area contributed by atoms with Crippen LogP contribution in [0.15, 0.2) is 18.3 Å². The van der Waals surface area contributed by atoms with Gasteiger partial charge in [0.05, 0.1) is 13.3 Å². The number of anilines is 1. The molecule has 0 aliphatic carbocycles. The quantitative estimate of drug-likeness (QED) is 0.884. The average Bonchev–Trinajstić information content (AvgIpc) is 2.49. The Hall–Kier alpha value is -2.30. The zero-order valence-corrected chi connectivity index (χ0v) is 14.7. The van der Waals surface area contributed by atoms with Crippen molar-refractivity contribution in [3.8, 4) is 17.2 Å². The zero-order chi connectivity index (χ0) is 17.1. The SMILES string of the molecule is COc1cc(C(C)C)c(Oc2cnc(C)nc2N)cc1C(C)C. The van der Waals surface area contributed by atoms with Crippen LogP contribution in [0.25, 0.3) is 0 Å². The summed E-state index contributed by atoms with van der Waals surface area (Å²) in [6.45, 7) is 10.3. The van der Waals surface area contributed by atoms with Gasteiger partial charge in [-0.1, -0.05) is 27.7 Å². The third-order valence-electron chi connectivity index (χ3n) is 3.73. The first-order chi connectivity index (χ1) is 10.8. The van der Waals surface area contributed by atoms with Gasteiger partial charge in [0, 0.05) is 11.1 Å². The van der Waals surface area contributed by atoms with E-state index in [-0.39, 0.29) is 5.92 Å². The summed E-state index contributed by atoms with van der Waals surface area (Å²) in [6, 6.07) is 4.07. The minimum absolute atomic E-state index is 0.285. The highest BCUT2D eigenvalue weighted by molar-refractivity contribution is 5.53. The summed E-state index contributed by atoms with van der Waals surface area (Å²) in [5.41, 5.74) is 8.11. The predicted octanol–water partition coefficient (Wildman–Crippen LogP) is 4.41. The van der Waals surface area contributed by atoms with Gasteiger partial charge in [-0.3, -0.25) is 0 Å². The number of benzene rings is 1. The number of nitrogens with zero attached hydrogens (tertiary/aromatic N) is 2. The Morgan fingerprint density at radius 2 is 1.52 bits per heavy atom. The fourth-order valence-electron chi connectivity index (χ4n) is 2.43. The van der Waals surface area contributed by atoms with Gasteiger partial charge in [0.25, 0.3) is 0 Å².